The number of nitrogens with zero attached hydrogens (tertiary/aromatic N) is 2. The van der Waals surface area contributed by atoms with Crippen molar-refractivity contribution in [2.24, 2.45) is 5.73 Å². The average Bonchev–Trinajstić information content (AvgIpc) is 2.77. The van der Waals surface area contributed by atoms with Gasteiger partial charge in [-0.2, -0.15) is 9.36 Å². The van der Waals surface area contributed by atoms with Gasteiger partial charge in [0.15, 0.2) is 0 Å². The first-order chi connectivity index (χ1) is 8.74. The number of aromatic nitrogens is 2. The molecule has 0 spiro atoms. The largest absolute Gasteiger partial charge is 0.429 e. The Kier molecular flexibility index (Phi) is 4.22. The summed E-state index contributed by atoms with van der Waals surface area (Å²) in [5.41, 5.74) is 5.86. The minimum absolute atomic E-state index is 0.0859. The molecule has 0 radical (unpaired) electrons. The lowest BCUT2D eigenvalue weighted by molar-refractivity contribution is 0.462. The van der Waals surface area contributed by atoms with Crippen LogP contribution in [0.25, 0.3) is 0 Å². The molecule has 0 aliphatic carbocycles. The molecule has 4 nitrogen and oxygen atoms in total. The van der Waals surface area contributed by atoms with Gasteiger partial charge < -0.3 is 10.5 Å². The Balaban J connectivity index is 2.20. The third kappa shape index (κ3) is 2.83. The van der Waals surface area contributed by atoms with Gasteiger partial charge in [-0.15, -0.1) is 0 Å². The Bertz CT molecular complexity index is 530. The van der Waals surface area contributed by atoms with E-state index in [4.69, 9.17) is 10.5 Å². The van der Waals surface area contributed by atoms with Crippen molar-refractivity contribution in [2.75, 3.05) is 0 Å². The molecular weight excluding hydrogens is 253 g/mol. The van der Waals surface area contributed by atoms with Crippen LogP contribution in [0.5, 0.6) is 10.9 Å². The molecule has 0 aliphatic heterocycles. The van der Waals surface area contributed by atoms with E-state index in [1.807, 2.05) is 0 Å². The molecule has 1 aromatic heterocycles. The fourth-order valence-corrected chi connectivity index (χ4v) is 2.12. The number of aryl methyl sites for hydroxylation is 1. The summed E-state index contributed by atoms with van der Waals surface area (Å²) in [6, 6.07) is 4.61. The van der Waals surface area contributed by atoms with Crippen LogP contribution in [0.15, 0.2) is 18.2 Å². The van der Waals surface area contributed by atoms with Gasteiger partial charge in [0, 0.05) is 30.1 Å². The molecule has 0 bridgehead atoms. The SMILES string of the molecule is CCCc1nsc(Oc2cccc(F)c2CN)n1. The molecule has 0 atom stereocenters. The highest BCUT2D eigenvalue weighted by molar-refractivity contribution is 7.07. The van der Waals surface area contributed by atoms with Gasteiger partial charge in [0.25, 0.3) is 5.19 Å². The molecule has 0 aliphatic rings. The molecule has 2 rings (SSSR count). The van der Waals surface area contributed by atoms with Gasteiger partial charge in [0.1, 0.15) is 17.4 Å². The number of nitrogens with two attached hydrogens (primary N) is 1. The molecular formula is C12H14FN3OS. The summed E-state index contributed by atoms with van der Waals surface area (Å²) in [5.74, 6) is 0.785. The van der Waals surface area contributed by atoms with Crippen molar-refractivity contribution in [3.05, 3.63) is 35.4 Å². The predicted octanol–water partition coefficient (Wildman–Crippen LogP) is 2.88. The van der Waals surface area contributed by atoms with Crippen molar-refractivity contribution in [3.63, 3.8) is 0 Å². The van der Waals surface area contributed by atoms with E-state index in [1.165, 1.54) is 6.07 Å². The number of rotatable bonds is 5. The lowest BCUT2D eigenvalue weighted by Crippen LogP contribution is -2.02. The van der Waals surface area contributed by atoms with Crippen LogP contribution >= 0.6 is 11.5 Å². The van der Waals surface area contributed by atoms with Crippen LogP contribution in [0.4, 0.5) is 4.39 Å². The molecule has 1 aromatic carbocycles. The molecule has 0 unspecified atom stereocenters. The van der Waals surface area contributed by atoms with Crippen molar-refractivity contribution >= 4 is 11.5 Å². The van der Waals surface area contributed by atoms with E-state index < -0.39 is 0 Å². The molecule has 18 heavy (non-hydrogen) atoms. The van der Waals surface area contributed by atoms with Gasteiger partial charge in [0.05, 0.1) is 0 Å². The van der Waals surface area contributed by atoms with Crippen molar-refractivity contribution in [2.45, 2.75) is 26.3 Å². The second-order valence-corrected chi connectivity index (χ2v) is 4.46. The summed E-state index contributed by atoms with van der Waals surface area (Å²) in [5, 5.41) is 0.416. The van der Waals surface area contributed by atoms with Gasteiger partial charge in [-0.3, -0.25) is 0 Å². The van der Waals surface area contributed by atoms with E-state index in [9.17, 15) is 4.39 Å². The second kappa shape index (κ2) is 5.88. The number of hydrogen-bond donors (Lipinski definition) is 1. The summed E-state index contributed by atoms with van der Waals surface area (Å²) in [6.07, 6.45) is 1.79. The zero-order valence-corrected chi connectivity index (χ0v) is 10.8. The average molecular weight is 267 g/mol. The lowest BCUT2D eigenvalue weighted by Gasteiger charge is -2.07. The van der Waals surface area contributed by atoms with Crippen LogP contribution in [0, 0.1) is 5.82 Å². The Labute approximate surface area is 109 Å². The monoisotopic (exact) mass is 267 g/mol. The number of benzene rings is 1. The quantitative estimate of drug-likeness (QED) is 0.904. The van der Waals surface area contributed by atoms with Crippen molar-refractivity contribution in [1.82, 2.24) is 9.36 Å². The molecule has 0 fully saturated rings. The van der Waals surface area contributed by atoms with Gasteiger partial charge in [-0.25, -0.2) is 4.39 Å². The van der Waals surface area contributed by atoms with E-state index in [0.29, 0.717) is 16.5 Å². The maximum atomic E-state index is 13.5. The Morgan fingerprint density at radius 1 is 1.44 bits per heavy atom. The van der Waals surface area contributed by atoms with E-state index in [2.05, 4.69) is 16.3 Å². The summed E-state index contributed by atoms with van der Waals surface area (Å²) < 4.78 is 23.2. The molecule has 6 heteroatoms. The van der Waals surface area contributed by atoms with Gasteiger partial charge >= 0.3 is 0 Å². The van der Waals surface area contributed by atoms with E-state index in [-0.39, 0.29) is 12.4 Å². The third-order valence-corrected chi connectivity index (χ3v) is 3.03. The number of ether oxygens (including phenoxy) is 1. The summed E-state index contributed by atoms with van der Waals surface area (Å²) >= 11 is 1.16. The Morgan fingerprint density at radius 2 is 2.28 bits per heavy atom. The highest BCUT2D eigenvalue weighted by Crippen LogP contribution is 2.28. The minimum Gasteiger partial charge on any atom is -0.429 e. The molecule has 0 saturated heterocycles. The molecule has 0 saturated carbocycles. The zero-order chi connectivity index (χ0) is 13.0. The van der Waals surface area contributed by atoms with Crippen LogP contribution < -0.4 is 10.5 Å². The second-order valence-electron chi connectivity index (χ2n) is 3.75. The van der Waals surface area contributed by atoms with Crippen LogP contribution in [-0.2, 0) is 13.0 Å². The predicted molar refractivity (Wildman–Crippen MR) is 68.3 cm³/mol. The zero-order valence-electron chi connectivity index (χ0n) is 10.0. The smallest absolute Gasteiger partial charge is 0.298 e. The van der Waals surface area contributed by atoms with Crippen molar-refractivity contribution in [1.29, 1.82) is 0 Å². The first-order valence-corrected chi connectivity index (χ1v) is 6.49. The molecule has 2 aromatic rings. The van der Waals surface area contributed by atoms with Crippen molar-refractivity contribution in [3.8, 4) is 10.9 Å². The number of halogens is 1. The fourth-order valence-electron chi connectivity index (χ4n) is 1.53. The maximum Gasteiger partial charge on any atom is 0.298 e. The van der Waals surface area contributed by atoms with Gasteiger partial charge in [0.2, 0.25) is 0 Å². The third-order valence-electron chi connectivity index (χ3n) is 2.40. The maximum absolute atomic E-state index is 13.5. The summed E-state index contributed by atoms with van der Waals surface area (Å²) in [7, 11) is 0. The Hall–Kier alpha value is -1.53. The van der Waals surface area contributed by atoms with Gasteiger partial charge in [-0.05, 0) is 18.6 Å². The van der Waals surface area contributed by atoms with Gasteiger partial charge in [-0.1, -0.05) is 13.0 Å². The molecule has 96 valence electrons. The normalized spacial score (nSPS) is 10.6. The van der Waals surface area contributed by atoms with Crippen molar-refractivity contribution < 1.29 is 9.13 Å². The van der Waals surface area contributed by atoms with Crippen LogP contribution in [-0.4, -0.2) is 9.36 Å². The van der Waals surface area contributed by atoms with E-state index in [1.54, 1.807) is 12.1 Å². The minimum atomic E-state index is -0.367. The van der Waals surface area contributed by atoms with Crippen LogP contribution in [0.2, 0.25) is 0 Å². The van der Waals surface area contributed by atoms with Crippen LogP contribution in [0.3, 0.4) is 0 Å². The first-order valence-electron chi connectivity index (χ1n) is 5.72. The molecule has 2 N–H and O–H groups in total. The molecule has 0 amide bonds. The highest BCUT2D eigenvalue weighted by Gasteiger charge is 2.11. The summed E-state index contributed by atoms with van der Waals surface area (Å²) in [6.45, 7) is 2.14. The summed E-state index contributed by atoms with van der Waals surface area (Å²) in [4.78, 5) is 4.22. The molecule has 1 heterocycles. The Morgan fingerprint density at radius 3 is 3.00 bits per heavy atom. The topological polar surface area (TPSA) is 61.0 Å². The first kappa shape index (κ1) is 12.9. The highest BCUT2D eigenvalue weighted by atomic mass is 32.1. The fraction of sp³-hybridized carbons (Fsp3) is 0.333. The van der Waals surface area contributed by atoms with Crippen LogP contribution in [0.1, 0.15) is 24.7 Å². The number of hydrogen-bond acceptors (Lipinski definition) is 5. The standard InChI is InChI=1S/C12H14FN3OS/c1-2-4-11-15-12(18-16-11)17-10-6-3-5-9(13)8(10)7-14/h3,5-6H,2,4,7,14H2,1H3. The lowest BCUT2D eigenvalue weighted by atomic mass is 10.2. The van der Waals surface area contributed by atoms with E-state index in [0.717, 1.165) is 30.2 Å². The van der Waals surface area contributed by atoms with E-state index >= 15 is 0 Å².